The number of nitrogens with zero attached hydrogens (tertiary/aromatic N) is 2. The molecule has 2 aromatic rings. The van der Waals surface area contributed by atoms with Gasteiger partial charge >= 0.3 is 0 Å². The third-order valence-electron chi connectivity index (χ3n) is 3.31. The molecule has 0 saturated heterocycles. The van der Waals surface area contributed by atoms with E-state index in [1.807, 2.05) is 17.0 Å². The number of rotatable bonds is 1. The molecule has 3 nitrogen and oxygen atoms in total. The summed E-state index contributed by atoms with van der Waals surface area (Å²) in [4.78, 5) is 13.4. The van der Waals surface area contributed by atoms with E-state index in [1.54, 1.807) is 0 Å². The third-order valence-corrected chi connectivity index (χ3v) is 3.54. The minimum atomic E-state index is 0.0168. The van der Waals surface area contributed by atoms with Gasteiger partial charge in [-0.25, -0.2) is 0 Å². The zero-order chi connectivity index (χ0) is 11.8. The van der Waals surface area contributed by atoms with Crippen molar-refractivity contribution in [3.05, 3.63) is 36.0 Å². The quantitative estimate of drug-likeness (QED) is 0.711. The predicted molar refractivity (Wildman–Crippen MR) is 68.1 cm³/mol. The largest absolute Gasteiger partial charge is 0.341 e. The Morgan fingerprint density at radius 2 is 2.12 bits per heavy atom. The highest BCUT2D eigenvalue weighted by Crippen LogP contribution is 2.23. The monoisotopic (exact) mass is 248 g/mol. The molecule has 0 fully saturated rings. The van der Waals surface area contributed by atoms with Crippen LogP contribution in [0.5, 0.6) is 0 Å². The summed E-state index contributed by atoms with van der Waals surface area (Å²) in [5.74, 6) is 0.0865. The Hall–Kier alpha value is -1.48. The topological polar surface area (TPSA) is 25.2 Å². The zero-order valence-electron chi connectivity index (χ0n) is 9.40. The maximum absolute atomic E-state index is 11.6. The highest BCUT2D eigenvalue weighted by molar-refractivity contribution is 6.27. The van der Waals surface area contributed by atoms with Crippen LogP contribution in [-0.2, 0) is 17.9 Å². The van der Waals surface area contributed by atoms with Crippen molar-refractivity contribution in [3.63, 3.8) is 0 Å². The molecule has 1 amide bonds. The second-order valence-electron chi connectivity index (χ2n) is 4.30. The average Bonchev–Trinajstić information content (AvgIpc) is 2.75. The lowest BCUT2D eigenvalue weighted by Gasteiger charge is -2.28. The lowest BCUT2D eigenvalue weighted by atomic mass is 10.2. The van der Waals surface area contributed by atoms with Crippen molar-refractivity contribution < 1.29 is 4.79 Å². The summed E-state index contributed by atoms with van der Waals surface area (Å²) in [5, 5.41) is 1.24. The molecule has 4 heteroatoms. The molecule has 88 valence electrons. The normalized spacial score (nSPS) is 15.0. The van der Waals surface area contributed by atoms with Gasteiger partial charge in [0.1, 0.15) is 5.88 Å². The molecule has 0 spiro atoms. The number of fused-ring (bicyclic) bond motifs is 3. The summed E-state index contributed by atoms with van der Waals surface area (Å²) in [6.07, 6.45) is 0. The molecule has 0 bridgehead atoms. The van der Waals surface area contributed by atoms with Crippen LogP contribution in [0.3, 0.4) is 0 Å². The SMILES string of the molecule is O=C(CCl)N1CCn2c(cc3ccccc32)C1. The molecule has 0 N–H and O–H groups in total. The van der Waals surface area contributed by atoms with Gasteiger partial charge in [0.15, 0.2) is 0 Å². The second-order valence-corrected chi connectivity index (χ2v) is 4.56. The van der Waals surface area contributed by atoms with Crippen LogP contribution in [-0.4, -0.2) is 27.8 Å². The third kappa shape index (κ3) is 1.71. The summed E-state index contributed by atoms with van der Waals surface area (Å²) in [6, 6.07) is 10.5. The average molecular weight is 249 g/mol. The summed E-state index contributed by atoms with van der Waals surface area (Å²) in [6.45, 7) is 2.27. The van der Waals surface area contributed by atoms with Gasteiger partial charge in [0.25, 0.3) is 0 Å². The predicted octanol–water partition coefficient (Wildman–Crippen LogP) is 2.22. The van der Waals surface area contributed by atoms with Gasteiger partial charge in [-0.05, 0) is 17.5 Å². The Morgan fingerprint density at radius 1 is 1.29 bits per heavy atom. The number of alkyl halides is 1. The Balaban J connectivity index is 2.00. The summed E-state index contributed by atoms with van der Waals surface area (Å²) in [5.41, 5.74) is 2.44. The molecule has 3 rings (SSSR count). The number of hydrogen-bond acceptors (Lipinski definition) is 1. The van der Waals surface area contributed by atoms with Crippen molar-refractivity contribution in [2.75, 3.05) is 12.4 Å². The molecule has 1 aromatic carbocycles. The highest BCUT2D eigenvalue weighted by Gasteiger charge is 2.21. The van der Waals surface area contributed by atoms with Gasteiger partial charge in [-0.15, -0.1) is 11.6 Å². The fraction of sp³-hybridized carbons (Fsp3) is 0.308. The molecule has 17 heavy (non-hydrogen) atoms. The standard InChI is InChI=1S/C13H13ClN2O/c14-8-13(17)15-5-6-16-11(9-15)7-10-3-1-2-4-12(10)16/h1-4,7H,5-6,8-9H2. The van der Waals surface area contributed by atoms with Crippen molar-refractivity contribution in [1.82, 2.24) is 9.47 Å². The van der Waals surface area contributed by atoms with Crippen molar-refractivity contribution in [2.24, 2.45) is 0 Å². The maximum Gasteiger partial charge on any atom is 0.237 e. The fourth-order valence-electron chi connectivity index (χ4n) is 2.46. The van der Waals surface area contributed by atoms with Crippen molar-refractivity contribution in [1.29, 1.82) is 0 Å². The van der Waals surface area contributed by atoms with Crippen LogP contribution in [0.2, 0.25) is 0 Å². The van der Waals surface area contributed by atoms with Crippen LogP contribution < -0.4 is 0 Å². The van der Waals surface area contributed by atoms with Crippen LogP contribution in [0.4, 0.5) is 0 Å². The molecular formula is C13H13ClN2O. The lowest BCUT2D eigenvalue weighted by molar-refractivity contribution is -0.129. The van der Waals surface area contributed by atoms with E-state index in [0.29, 0.717) is 6.54 Å². The first-order valence-corrected chi connectivity index (χ1v) is 6.24. The van der Waals surface area contributed by atoms with Crippen molar-refractivity contribution in [3.8, 4) is 0 Å². The van der Waals surface area contributed by atoms with Gasteiger partial charge in [0, 0.05) is 24.3 Å². The zero-order valence-corrected chi connectivity index (χ0v) is 10.2. The van der Waals surface area contributed by atoms with Crippen LogP contribution in [0.1, 0.15) is 5.69 Å². The van der Waals surface area contributed by atoms with Gasteiger partial charge < -0.3 is 9.47 Å². The number of halogens is 1. The van der Waals surface area contributed by atoms with E-state index < -0.39 is 0 Å². The number of hydrogen-bond donors (Lipinski definition) is 0. The Labute approximate surface area is 105 Å². The summed E-state index contributed by atoms with van der Waals surface area (Å²) in [7, 11) is 0. The molecule has 0 atom stereocenters. The smallest absolute Gasteiger partial charge is 0.237 e. The Morgan fingerprint density at radius 3 is 2.94 bits per heavy atom. The van der Waals surface area contributed by atoms with Crippen molar-refractivity contribution >= 4 is 28.4 Å². The number of amides is 1. The minimum absolute atomic E-state index is 0.0168. The van der Waals surface area contributed by atoms with E-state index in [-0.39, 0.29) is 11.8 Å². The van der Waals surface area contributed by atoms with E-state index in [2.05, 4.69) is 22.8 Å². The molecule has 1 aliphatic rings. The van der Waals surface area contributed by atoms with Gasteiger partial charge in [0.2, 0.25) is 5.91 Å². The number of aromatic nitrogens is 1. The van der Waals surface area contributed by atoms with Gasteiger partial charge in [-0.2, -0.15) is 0 Å². The summed E-state index contributed by atoms with van der Waals surface area (Å²) >= 11 is 5.59. The Bertz CT molecular complexity index is 576. The Kier molecular flexibility index (Phi) is 2.56. The molecule has 1 aromatic heterocycles. The highest BCUT2D eigenvalue weighted by atomic mass is 35.5. The van der Waals surface area contributed by atoms with Crippen LogP contribution in [0.15, 0.2) is 30.3 Å². The van der Waals surface area contributed by atoms with E-state index in [9.17, 15) is 4.79 Å². The first kappa shape index (κ1) is 10.7. The fourth-order valence-corrected chi connectivity index (χ4v) is 2.62. The van der Waals surface area contributed by atoms with E-state index in [1.165, 1.54) is 16.6 Å². The van der Waals surface area contributed by atoms with Gasteiger partial charge in [-0.1, -0.05) is 18.2 Å². The summed E-state index contributed by atoms with van der Waals surface area (Å²) < 4.78 is 2.29. The molecule has 0 unspecified atom stereocenters. The molecule has 0 radical (unpaired) electrons. The number of carbonyl (C=O) groups is 1. The second kappa shape index (κ2) is 4.08. The first-order valence-electron chi connectivity index (χ1n) is 5.70. The molecular weight excluding hydrogens is 236 g/mol. The van der Waals surface area contributed by atoms with Crippen LogP contribution in [0, 0.1) is 0 Å². The van der Waals surface area contributed by atoms with Crippen LogP contribution in [0.25, 0.3) is 10.9 Å². The molecule has 2 heterocycles. The maximum atomic E-state index is 11.6. The number of benzene rings is 1. The number of para-hydroxylation sites is 1. The van der Waals surface area contributed by atoms with E-state index >= 15 is 0 Å². The van der Waals surface area contributed by atoms with E-state index in [4.69, 9.17) is 11.6 Å². The van der Waals surface area contributed by atoms with Crippen molar-refractivity contribution in [2.45, 2.75) is 13.1 Å². The van der Waals surface area contributed by atoms with Gasteiger partial charge in [0.05, 0.1) is 6.54 Å². The van der Waals surface area contributed by atoms with Gasteiger partial charge in [-0.3, -0.25) is 4.79 Å². The molecule has 1 aliphatic heterocycles. The van der Waals surface area contributed by atoms with E-state index in [0.717, 1.165) is 13.1 Å². The van der Waals surface area contributed by atoms with Crippen LogP contribution >= 0.6 is 11.6 Å². The number of carbonyl (C=O) groups excluding carboxylic acids is 1. The molecule has 0 saturated carbocycles. The lowest BCUT2D eigenvalue weighted by Crippen LogP contribution is -2.38. The molecule has 0 aliphatic carbocycles. The minimum Gasteiger partial charge on any atom is -0.341 e. The first-order chi connectivity index (χ1) is 8.29.